The summed E-state index contributed by atoms with van der Waals surface area (Å²) in [5, 5.41) is 1.01. The van der Waals surface area contributed by atoms with Crippen LogP contribution in [-0.2, 0) is 14.3 Å². The van der Waals surface area contributed by atoms with Crippen LogP contribution in [0.1, 0.15) is 12.8 Å². The fourth-order valence-electron chi connectivity index (χ4n) is 2.52. The van der Waals surface area contributed by atoms with Crippen molar-refractivity contribution in [2.45, 2.75) is 12.8 Å². The molecule has 0 spiro atoms. The number of esters is 2. The van der Waals surface area contributed by atoms with Crippen LogP contribution in [0.2, 0.25) is 0 Å². The van der Waals surface area contributed by atoms with Crippen LogP contribution in [0.15, 0.2) is 59.9 Å². The van der Waals surface area contributed by atoms with Crippen LogP contribution in [0.4, 0.5) is 0 Å². The number of rotatable bonds is 6. The Morgan fingerprint density at radius 3 is 2.65 bits per heavy atom. The maximum atomic E-state index is 12.8. The third-order valence-corrected chi connectivity index (χ3v) is 4.86. The number of carbonyl (C=O) groups is 2. The van der Waals surface area contributed by atoms with Crippen molar-refractivity contribution in [1.29, 1.82) is 0 Å². The zero-order valence-corrected chi connectivity index (χ0v) is 14.7. The standard InChI is InChI=1S/C20H16O5S/c1-2-17(21)24-12-6-11-18(22)25-14-8-5-10-16-19(14)20(23)13-7-3-4-9-15(13)26-16/h2-5,7-10H,1,6,11-12H2. The summed E-state index contributed by atoms with van der Waals surface area (Å²) < 4.78 is 11.9. The molecule has 3 rings (SSSR count). The minimum atomic E-state index is -0.531. The Morgan fingerprint density at radius 1 is 1.08 bits per heavy atom. The SMILES string of the molecule is C=CC(=O)OCCCC(=O)Oc1cccc2sc3ccccc3c(=O)c12. The van der Waals surface area contributed by atoms with Gasteiger partial charge in [0.25, 0.3) is 0 Å². The Bertz CT molecular complexity index is 1050. The lowest BCUT2D eigenvalue weighted by Gasteiger charge is -2.08. The van der Waals surface area contributed by atoms with Crippen molar-refractivity contribution in [2.75, 3.05) is 6.61 Å². The minimum Gasteiger partial charge on any atom is -0.463 e. The van der Waals surface area contributed by atoms with Crippen LogP contribution < -0.4 is 10.2 Å². The molecule has 3 aromatic rings. The molecule has 26 heavy (non-hydrogen) atoms. The molecule has 0 bridgehead atoms. The van der Waals surface area contributed by atoms with Crippen molar-refractivity contribution in [1.82, 2.24) is 0 Å². The quantitative estimate of drug-likeness (QED) is 0.217. The molecule has 2 aromatic carbocycles. The largest absolute Gasteiger partial charge is 0.463 e. The van der Waals surface area contributed by atoms with E-state index in [9.17, 15) is 14.4 Å². The fraction of sp³-hybridized carbons (Fsp3) is 0.150. The third-order valence-electron chi connectivity index (χ3n) is 3.73. The molecular formula is C20H16O5S. The number of benzene rings is 2. The molecule has 0 fully saturated rings. The van der Waals surface area contributed by atoms with E-state index in [1.165, 1.54) is 11.3 Å². The zero-order valence-electron chi connectivity index (χ0n) is 13.9. The molecule has 0 N–H and O–H groups in total. The topological polar surface area (TPSA) is 69.7 Å². The second kappa shape index (κ2) is 7.93. The number of ether oxygens (including phenoxy) is 2. The van der Waals surface area contributed by atoms with Gasteiger partial charge in [0.05, 0.1) is 12.0 Å². The molecule has 0 aliphatic heterocycles. The first kappa shape index (κ1) is 17.8. The number of hydrogen-bond donors (Lipinski definition) is 0. The van der Waals surface area contributed by atoms with E-state index in [2.05, 4.69) is 6.58 Å². The molecule has 5 nitrogen and oxygen atoms in total. The van der Waals surface area contributed by atoms with E-state index in [1.54, 1.807) is 24.3 Å². The van der Waals surface area contributed by atoms with E-state index in [4.69, 9.17) is 9.47 Å². The van der Waals surface area contributed by atoms with Crippen LogP contribution >= 0.6 is 11.3 Å². The molecule has 1 aromatic heterocycles. The minimum absolute atomic E-state index is 0.0754. The Labute approximate surface area is 153 Å². The summed E-state index contributed by atoms with van der Waals surface area (Å²) in [6, 6.07) is 12.5. The van der Waals surface area contributed by atoms with Crippen molar-refractivity contribution < 1.29 is 19.1 Å². The van der Waals surface area contributed by atoms with Gasteiger partial charge in [0.2, 0.25) is 0 Å². The Balaban J connectivity index is 1.81. The van der Waals surface area contributed by atoms with Gasteiger partial charge in [0, 0.05) is 27.3 Å². The van der Waals surface area contributed by atoms with Crippen molar-refractivity contribution in [3.63, 3.8) is 0 Å². The maximum absolute atomic E-state index is 12.8. The summed E-state index contributed by atoms with van der Waals surface area (Å²) in [6.45, 7) is 3.40. The Hall–Kier alpha value is -2.99. The number of fused-ring (bicyclic) bond motifs is 2. The molecule has 0 saturated carbocycles. The Morgan fingerprint density at radius 2 is 1.85 bits per heavy atom. The summed E-state index contributed by atoms with van der Waals surface area (Å²) in [5.74, 6) is -0.760. The second-order valence-corrected chi connectivity index (χ2v) is 6.59. The molecule has 6 heteroatoms. The van der Waals surface area contributed by atoms with Crippen LogP contribution in [0, 0.1) is 0 Å². The lowest BCUT2D eigenvalue weighted by molar-refractivity contribution is -0.140. The molecule has 0 aliphatic carbocycles. The molecule has 0 unspecified atom stereocenters. The van der Waals surface area contributed by atoms with E-state index in [-0.39, 0.29) is 24.2 Å². The van der Waals surface area contributed by atoms with E-state index >= 15 is 0 Å². The highest BCUT2D eigenvalue weighted by Crippen LogP contribution is 2.30. The molecule has 0 radical (unpaired) electrons. The first-order valence-electron chi connectivity index (χ1n) is 8.04. The fourth-order valence-corrected chi connectivity index (χ4v) is 3.62. The highest BCUT2D eigenvalue weighted by atomic mass is 32.1. The Kier molecular flexibility index (Phi) is 5.43. The lowest BCUT2D eigenvalue weighted by atomic mass is 10.1. The summed E-state index contributed by atoms with van der Waals surface area (Å²) in [6.07, 6.45) is 1.47. The molecule has 1 heterocycles. The van der Waals surface area contributed by atoms with Crippen LogP contribution in [0.5, 0.6) is 5.75 Å². The highest BCUT2D eigenvalue weighted by molar-refractivity contribution is 7.24. The number of carbonyl (C=O) groups excluding carboxylic acids is 2. The van der Waals surface area contributed by atoms with Gasteiger partial charge in [-0.3, -0.25) is 9.59 Å². The molecule has 132 valence electrons. The predicted molar refractivity (Wildman–Crippen MR) is 102 cm³/mol. The van der Waals surface area contributed by atoms with E-state index < -0.39 is 11.9 Å². The van der Waals surface area contributed by atoms with Gasteiger partial charge in [-0.05, 0) is 30.7 Å². The van der Waals surface area contributed by atoms with Crippen molar-refractivity contribution in [2.24, 2.45) is 0 Å². The van der Waals surface area contributed by atoms with E-state index in [0.717, 1.165) is 15.5 Å². The smallest absolute Gasteiger partial charge is 0.330 e. The average Bonchev–Trinajstić information content (AvgIpc) is 2.65. The summed E-state index contributed by atoms with van der Waals surface area (Å²) in [7, 11) is 0. The van der Waals surface area contributed by atoms with Gasteiger partial charge in [-0.1, -0.05) is 24.8 Å². The van der Waals surface area contributed by atoms with Crippen molar-refractivity contribution >= 4 is 43.4 Å². The summed E-state index contributed by atoms with van der Waals surface area (Å²) >= 11 is 1.48. The average molecular weight is 368 g/mol. The van der Waals surface area contributed by atoms with Gasteiger partial charge >= 0.3 is 11.9 Å². The molecular weight excluding hydrogens is 352 g/mol. The molecule has 0 aliphatic rings. The van der Waals surface area contributed by atoms with Crippen LogP contribution in [0.25, 0.3) is 20.2 Å². The molecule has 0 amide bonds. The summed E-state index contributed by atoms with van der Waals surface area (Å²) in [5.41, 5.74) is -0.155. The highest BCUT2D eigenvalue weighted by Gasteiger charge is 2.13. The normalized spacial score (nSPS) is 10.6. The van der Waals surface area contributed by atoms with E-state index in [1.807, 2.05) is 18.2 Å². The maximum Gasteiger partial charge on any atom is 0.330 e. The van der Waals surface area contributed by atoms with Crippen molar-refractivity contribution in [3.05, 3.63) is 65.3 Å². The van der Waals surface area contributed by atoms with Gasteiger partial charge in [0.15, 0.2) is 5.43 Å². The molecule has 0 saturated heterocycles. The summed E-state index contributed by atoms with van der Waals surface area (Å²) in [4.78, 5) is 35.8. The lowest BCUT2D eigenvalue weighted by Crippen LogP contribution is -2.12. The first-order chi connectivity index (χ1) is 12.6. The molecule has 0 atom stereocenters. The van der Waals surface area contributed by atoms with Gasteiger partial charge in [-0.15, -0.1) is 11.3 Å². The number of hydrogen-bond acceptors (Lipinski definition) is 6. The van der Waals surface area contributed by atoms with Gasteiger partial charge in [-0.2, -0.15) is 0 Å². The second-order valence-electron chi connectivity index (χ2n) is 5.51. The monoisotopic (exact) mass is 368 g/mol. The van der Waals surface area contributed by atoms with Crippen LogP contribution in [-0.4, -0.2) is 18.5 Å². The third kappa shape index (κ3) is 3.81. The van der Waals surface area contributed by atoms with E-state index in [0.29, 0.717) is 17.2 Å². The van der Waals surface area contributed by atoms with Crippen molar-refractivity contribution in [3.8, 4) is 5.75 Å². The zero-order chi connectivity index (χ0) is 18.5. The van der Waals surface area contributed by atoms with Gasteiger partial charge in [0.1, 0.15) is 5.75 Å². The first-order valence-corrected chi connectivity index (χ1v) is 8.86. The van der Waals surface area contributed by atoms with Gasteiger partial charge in [-0.25, -0.2) is 4.79 Å². The van der Waals surface area contributed by atoms with Crippen LogP contribution in [0.3, 0.4) is 0 Å². The van der Waals surface area contributed by atoms with Gasteiger partial charge < -0.3 is 9.47 Å². The predicted octanol–water partition coefficient (Wildman–Crippen LogP) is 3.83.